The van der Waals surface area contributed by atoms with Gasteiger partial charge in [0.15, 0.2) is 0 Å². The third kappa shape index (κ3) is 31.8. The molecule has 0 saturated heterocycles. The molecule has 0 saturated carbocycles. The second kappa shape index (κ2) is 34.6. The fourth-order valence-corrected chi connectivity index (χ4v) is 7.10. The molecule has 1 aromatic carbocycles. The Morgan fingerprint density at radius 2 is 0.711 bits per heavy atom. The van der Waals surface area contributed by atoms with Gasteiger partial charge in [0.25, 0.3) is 0 Å². The third-order valence-corrected chi connectivity index (χ3v) is 10.3. The maximum absolute atomic E-state index is 11.1. The van der Waals surface area contributed by atoms with Crippen LogP contribution in [0.4, 0.5) is 0 Å². The van der Waals surface area contributed by atoms with Crippen molar-refractivity contribution >= 4 is 10.1 Å². The van der Waals surface area contributed by atoms with Gasteiger partial charge in [0.05, 0.1) is 4.90 Å². The van der Waals surface area contributed by atoms with Gasteiger partial charge in [-0.15, -0.1) is 0 Å². The Balaban J connectivity index is 0.0000194. The zero-order chi connectivity index (χ0) is 31.8. The normalized spacial score (nSPS) is 11.6. The molecule has 1 aromatic rings. The summed E-state index contributed by atoms with van der Waals surface area (Å²) in [6.07, 6.45) is 46.0. The number of unbranched alkanes of at least 4 members (excludes halogenated alkanes) is 31. The fourth-order valence-electron chi connectivity index (χ4n) is 6.56. The summed E-state index contributed by atoms with van der Waals surface area (Å²) in [6, 6.07) is 6.50. The summed E-state index contributed by atoms with van der Waals surface area (Å²) in [4.78, 5) is -0.106. The molecule has 5 heteroatoms. The molecule has 0 aliphatic rings. The molecule has 0 amide bonds. The first-order chi connectivity index (χ1) is 21.5. The Morgan fingerprint density at radius 1 is 0.444 bits per heavy atom. The van der Waals surface area contributed by atoms with E-state index in [-0.39, 0.29) is 56.3 Å². The van der Waals surface area contributed by atoms with E-state index in [1.807, 2.05) is 6.07 Å². The predicted molar refractivity (Wildman–Crippen MR) is 192 cm³/mol. The van der Waals surface area contributed by atoms with Crippen LogP contribution in [-0.4, -0.2) is 13.0 Å². The molecule has 1 rings (SSSR count). The second-order valence-electron chi connectivity index (χ2n) is 13.8. The first-order valence-corrected chi connectivity index (χ1v) is 21.0. The average Bonchev–Trinajstić information content (AvgIpc) is 3.01. The van der Waals surface area contributed by atoms with Crippen molar-refractivity contribution in [3.05, 3.63) is 29.8 Å². The predicted octanol–water partition coefficient (Wildman–Crippen LogP) is 10.6. The summed E-state index contributed by atoms with van der Waals surface area (Å²) < 4.78 is 33.4. The molecule has 3 nitrogen and oxygen atoms in total. The van der Waals surface area contributed by atoms with Crippen molar-refractivity contribution in [2.24, 2.45) is 0 Å². The topological polar surface area (TPSA) is 57.2 Å². The molecule has 0 heterocycles. The molecule has 0 unspecified atom stereocenters. The van der Waals surface area contributed by atoms with E-state index in [4.69, 9.17) is 0 Å². The Bertz CT molecular complexity index is 842. The van der Waals surface area contributed by atoms with Gasteiger partial charge in [0.2, 0.25) is 0 Å². The molecule has 0 aliphatic heterocycles. The molecule has 258 valence electrons. The van der Waals surface area contributed by atoms with Crippen LogP contribution in [0.1, 0.15) is 218 Å². The average molecular weight is 673 g/mol. The molecular weight excluding hydrogens is 600 g/mol. The minimum absolute atomic E-state index is 0. The minimum Gasteiger partial charge on any atom is -0.744 e. The van der Waals surface area contributed by atoms with Gasteiger partial charge in [0, 0.05) is 0 Å². The van der Waals surface area contributed by atoms with E-state index in [0.29, 0.717) is 0 Å². The van der Waals surface area contributed by atoms with Crippen LogP contribution in [0.3, 0.4) is 0 Å². The zero-order valence-electron chi connectivity index (χ0n) is 30.3. The fraction of sp³-hybridized carbons (Fsp3) is 0.850. The van der Waals surface area contributed by atoms with Gasteiger partial charge in [-0.2, -0.15) is 0 Å². The van der Waals surface area contributed by atoms with Gasteiger partial charge >= 0.3 is 51.4 Å². The zero-order valence-corrected chi connectivity index (χ0v) is 34.2. The van der Waals surface area contributed by atoms with Crippen LogP contribution in [-0.2, 0) is 16.5 Å². The van der Waals surface area contributed by atoms with E-state index in [1.54, 1.807) is 6.07 Å². The Kier molecular flexibility index (Phi) is 35.2. The first kappa shape index (κ1) is 45.8. The van der Waals surface area contributed by atoms with Crippen molar-refractivity contribution in [2.45, 2.75) is 224 Å². The van der Waals surface area contributed by atoms with Crippen molar-refractivity contribution in [1.29, 1.82) is 0 Å². The van der Waals surface area contributed by atoms with Crippen LogP contribution in [0, 0.1) is 0 Å². The van der Waals surface area contributed by atoms with Gasteiger partial charge in [-0.1, -0.05) is 218 Å². The van der Waals surface area contributed by atoms with Crippen molar-refractivity contribution in [3.63, 3.8) is 0 Å². The molecule has 0 fully saturated rings. The Hall–Kier alpha value is 0.766. The molecule has 0 spiro atoms. The minimum atomic E-state index is -4.35. The van der Waals surface area contributed by atoms with Crippen LogP contribution in [0.5, 0.6) is 0 Å². The summed E-state index contributed by atoms with van der Waals surface area (Å²) in [5, 5.41) is 0. The summed E-state index contributed by atoms with van der Waals surface area (Å²) >= 11 is 0. The number of hydrogen-bond acceptors (Lipinski definition) is 3. The van der Waals surface area contributed by atoms with E-state index in [0.717, 1.165) is 18.4 Å². The SMILES string of the molecule is CCCCCCCCCCCCCCCCCCCCCCCCCCCCCCCCCCc1cccc(S(=O)(=O)[O-])c1.[K+]. The summed E-state index contributed by atoms with van der Waals surface area (Å²) in [5.74, 6) is 0. The molecule has 0 N–H and O–H groups in total. The standard InChI is InChI=1S/C40H74O3S.K/c1-2-3-4-5-6-7-8-9-10-11-12-13-14-15-16-17-18-19-20-21-22-23-24-25-26-27-28-29-30-31-32-33-35-39-36-34-37-40(38-39)44(41,42)43;/h34,36-38H,2-33,35H2,1H3,(H,41,42,43);/q;+1/p-1. The molecule has 0 aliphatic carbocycles. The van der Waals surface area contributed by atoms with E-state index in [2.05, 4.69) is 6.92 Å². The van der Waals surface area contributed by atoms with Crippen molar-refractivity contribution in [1.82, 2.24) is 0 Å². The Morgan fingerprint density at radius 3 is 0.978 bits per heavy atom. The van der Waals surface area contributed by atoms with Crippen LogP contribution >= 0.6 is 0 Å². The van der Waals surface area contributed by atoms with E-state index in [1.165, 1.54) is 211 Å². The van der Waals surface area contributed by atoms with Gasteiger partial charge in [0.1, 0.15) is 10.1 Å². The van der Waals surface area contributed by atoms with E-state index in [9.17, 15) is 13.0 Å². The number of hydrogen-bond donors (Lipinski definition) is 0. The summed E-state index contributed by atoms with van der Waals surface area (Å²) in [7, 11) is -4.35. The van der Waals surface area contributed by atoms with Crippen molar-refractivity contribution < 1.29 is 64.4 Å². The third-order valence-electron chi connectivity index (χ3n) is 9.51. The van der Waals surface area contributed by atoms with Crippen LogP contribution in [0.25, 0.3) is 0 Å². The van der Waals surface area contributed by atoms with Gasteiger partial charge < -0.3 is 4.55 Å². The molecular formula is C40H73KO3S. The maximum atomic E-state index is 11.1. The smallest absolute Gasteiger partial charge is 0.744 e. The second-order valence-corrected chi connectivity index (χ2v) is 15.2. The first-order valence-electron chi connectivity index (χ1n) is 19.6. The molecule has 45 heavy (non-hydrogen) atoms. The van der Waals surface area contributed by atoms with Crippen LogP contribution in [0.15, 0.2) is 29.2 Å². The van der Waals surface area contributed by atoms with Crippen molar-refractivity contribution in [2.75, 3.05) is 0 Å². The summed E-state index contributed by atoms with van der Waals surface area (Å²) in [6.45, 7) is 2.30. The summed E-state index contributed by atoms with van der Waals surface area (Å²) in [5.41, 5.74) is 0.951. The largest absolute Gasteiger partial charge is 1.00 e. The molecule has 0 atom stereocenters. The van der Waals surface area contributed by atoms with E-state index < -0.39 is 10.1 Å². The molecule has 0 radical (unpaired) electrons. The van der Waals surface area contributed by atoms with E-state index >= 15 is 0 Å². The van der Waals surface area contributed by atoms with Crippen molar-refractivity contribution in [3.8, 4) is 0 Å². The molecule has 0 aromatic heterocycles. The van der Waals surface area contributed by atoms with Gasteiger partial charge in [-0.05, 0) is 30.5 Å². The van der Waals surface area contributed by atoms with Gasteiger partial charge in [-0.25, -0.2) is 8.42 Å². The number of rotatable bonds is 34. The Labute approximate surface area is 324 Å². The van der Waals surface area contributed by atoms with Gasteiger partial charge in [-0.3, -0.25) is 0 Å². The monoisotopic (exact) mass is 672 g/mol. The molecule has 0 bridgehead atoms. The maximum Gasteiger partial charge on any atom is 1.00 e. The number of aryl methyl sites for hydroxylation is 1. The van der Waals surface area contributed by atoms with Crippen LogP contribution < -0.4 is 51.4 Å². The number of benzene rings is 1. The quantitative estimate of drug-likeness (QED) is 0.0416. The van der Waals surface area contributed by atoms with Crippen LogP contribution in [0.2, 0.25) is 0 Å².